The molecule has 88 valence electrons. The van der Waals surface area contributed by atoms with E-state index in [0.29, 0.717) is 0 Å². The fraction of sp³-hybridized carbons (Fsp3) is 0.333. The fourth-order valence-corrected chi connectivity index (χ4v) is 3.96. The summed E-state index contributed by atoms with van der Waals surface area (Å²) in [6.07, 6.45) is -0.566. The maximum Gasteiger partial charge on any atom is 0.244 e. The Morgan fingerprint density at radius 2 is 2.06 bits per heavy atom. The van der Waals surface area contributed by atoms with Crippen LogP contribution >= 0.6 is 27.5 Å². The van der Waals surface area contributed by atoms with Crippen molar-refractivity contribution in [2.24, 2.45) is 0 Å². The fourth-order valence-electron chi connectivity index (χ4n) is 1.44. The standard InChI is InChI=1S/C9H9BrClNO3S/c10-6-1-2-9(8(11)3-6)16(14,15)12-4-7(13)5-12/h1-3,7,13H,4-5H2. The summed E-state index contributed by atoms with van der Waals surface area (Å²) in [6.45, 7) is 0.267. The van der Waals surface area contributed by atoms with Gasteiger partial charge >= 0.3 is 0 Å². The first-order valence-corrected chi connectivity index (χ1v) is 7.15. The van der Waals surface area contributed by atoms with Crippen molar-refractivity contribution < 1.29 is 13.5 Å². The maximum atomic E-state index is 12.0. The highest BCUT2D eigenvalue weighted by atomic mass is 79.9. The van der Waals surface area contributed by atoms with Crippen LogP contribution < -0.4 is 0 Å². The number of aliphatic hydroxyl groups excluding tert-OH is 1. The molecular weight excluding hydrogens is 318 g/mol. The van der Waals surface area contributed by atoms with Crippen LogP contribution in [0.2, 0.25) is 5.02 Å². The molecule has 1 N–H and O–H groups in total. The lowest BCUT2D eigenvalue weighted by Gasteiger charge is -2.34. The highest BCUT2D eigenvalue weighted by Crippen LogP contribution is 2.29. The summed E-state index contributed by atoms with van der Waals surface area (Å²) < 4.78 is 25.9. The highest BCUT2D eigenvalue weighted by molar-refractivity contribution is 9.10. The molecule has 1 fully saturated rings. The van der Waals surface area contributed by atoms with Crippen molar-refractivity contribution in [2.75, 3.05) is 13.1 Å². The zero-order valence-electron chi connectivity index (χ0n) is 8.10. The van der Waals surface area contributed by atoms with E-state index in [1.165, 1.54) is 16.4 Å². The van der Waals surface area contributed by atoms with Crippen molar-refractivity contribution >= 4 is 37.6 Å². The quantitative estimate of drug-likeness (QED) is 0.895. The number of hydrogen-bond acceptors (Lipinski definition) is 3. The number of β-amino-alcohol motifs (C(OH)–C–C–N with tert-alkyl or cyclic N) is 1. The Balaban J connectivity index is 2.36. The van der Waals surface area contributed by atoms with Crippen LogP contribution in [0.15, 0.2) is 27.6 Å². The first kappa shape index (κ1) is 12.3. The van der Waals surface area contributed by atoms with Crippen LogP contribution in [0.25, 0.3) is 0 Å². The first-order valence-electron chi connectivity index (χ1n) is 4.54. The molecule has 0 atom stereocenters. The smallest absolute Gasteiger partial charge is 0.244 e. The van der Waals surface area contributed by atoms with Gasteiger partial charge in [-0.05, 0) is 18.2 Å². The molecular formula is C9H9BrClNO3S. The number of sulfonamides is 1. The normalized spacial score (nSPS) is 18.4. The summed E-state index contributed by atoms with van der Waals surface area (Å²) in [5, 5.41) is 9.27. The van der Waals surface area contributed by atoms with Gasteiger partial charge in [-0.1, -0.05) is 27.5 Å². The van der Waals surface area contributed by atoms with E-state index in [2.05, 4.69) is 15.9 Å². The van der Waals surface area contributed by atoms with Gasteiger partial charge in [0.25, 0.3) is 0 Å². The van der Waals surface area contributed by atoms with Gasteiger partial charge < -0.3 is 5.11 Å². The monoisotopic (exact) mass is 325 g/mol. The maximum absolute atomic E-state index is 12.0. The zero-order chi connectivity index (χ0) is 11.9. The molecule has 0 amide bonds. The largest absolute Gasteiger partial charge is 0.390 e. The lowest BCUT2D eigenvalue weighted by molar-refractivity contribution is 0.0548. The minimum absolute atomic E-state index is 0.0734. The van der Waals surface area contributed by atoms with Crippen molar-refractivity contribution in [1.29, 1.82) is 0 Å². The predicted octanol–water partition coefficient (Wildman–Crippen LogP) is 1.47. The Bertz CT molecular complexity index is 513. The molecule has 0 radical (unpaired) electrons. The Hall–Kier alpha value is -0.140. The number of halogens is 2. The molecule has 0 saturated carbocycles. The van der Waals surface area contributed by atoms with Gasteiger partial charge in [-0.3, -0.25) is 0 Å². The van der Waals surface area contributed by atoms with Gasteiger partial charge in [0.05, 0.1) is 11.1 Å². The van der Waals surface area contributed by atoms with Crippen LogP contribution in [0.3, 0.4) is 0 Å². The van der Waals surface area contributed by atoms with Gasteiger partial charge in [-0.2, -0.15) is 4.31 Å². The van der Waals surface area contributed by atoms with Gasteiger partial charge in [0, 0.05) is 17.6 Å². The molecule has 1 aliphatic rings. The molecule has 1 saturated heterocycles. The van der Waals surface area contributed by atoms with E-state index in [4.69, 9.17) is 16.7 Å². The van der Waals surface area contributed by atoms with Crippen molar-refractivity contribution in [3.8, 4) is 0 Å². The highest BCUT2D eigenvalue weighted by Gasteiger charge is 2.36. The van der Waals surface area contributed by atoms with E-state index in [-0.39, 0.29) is 23.0 Å². The van der Waals surface area contributed by atoms with E-state index in [9.17, 15) is 8.42 Å². The van der Waals surface area contributed by atoms with Gasteiger partial charge in [0.2, 0.25) is 10.0 Å². The minimum Gasteiger partial charge on any atom is -0.390 e. The second-order valence-electron chi connectivity index (χ2n) is 3.55. The third-order valence-corrected chi connectivity index (χ3v) is 5.15. The average Bonchev–Trinajstić information content (AvgIpc) is 2.12. The first-order chi connectivity index (χ1) is 7.41. The zero-order valence-corrected chi connectivity index (χ0v) is 11.3. The summed E-state index contributed by atoms with van der Waals surface area (Å²) in [5.74, 6) is 0. The number of benzene rings is 1. The SMILES string of the molecule is O=S(=O)(c1ccc(Br)cc1Cl)N1CC(O)C1. The molecule has 0 bridgehead atoms. The Morgan fingerprint density at radius 3 is 2.56 bits per heavy atom. The van der Waals surface area contributed by atoms with Gasteiger partial charge in [-0.15, -0.1) is 0 Å². The molecule has 0 unspecified atom stereocenters. The lowest BCUT2D eigenvalue weighted by Crippen LogP contribution is -2.53. The Kier molecular flexibility index (Phi) is 3.29. The summed E-state index contributed by atoms with van der Waals surface area (Å²) in [5.41, 5.74) is 0. The third kappa shape index (κ3) is 2.12. The molecule has 16 heavy (non-hydrogen) atoms. The lowest BCUT2D eigenvalue weighted by atomic mass is 10.2. The van der Waals surface area contributed by atoms with E-state index in [1.54, 1.807) is 6.07 Å². The summed E-state index contributed by atoms with van der Waals surface area (Å²) in [4.78, 5) is 0.0734. The molecule has 4 nitrogen and oxygen atoms in total. The van der Waals surface area contributed by atoms with Crippen LogP contribution in [0.5, 0.6) is 0 Å². The Morgan fingerprint density at radius 1 is 1.44 bits per heavy atom. The van der Waals surface area contributed by atoms with E-state index >= 15 is 0 Å². The van der Waals surface area contributed by atoms with Crippen molar-refractivity contribution in [3.05, 3.63) is 27.7 Å². The second kappa shape index (κ2) is 4.27. The summed E-state index contributed by atoms with van der Waals surface area (Å²) >= 11 is 9.09. The summed E-state index contributed by atoms with van der Waals surface area (Å²) in [6, 6.07) is 4.60. The molecule has 0 aliphatic carbocycles. The molecule has 1 aromatic carbocycles. The second-order valence-corrected chi connectivity index (χ2v) is 6.78. The van der Waals surface area contributed by atoms with Crippen molar-refractivity contribution in [3.63, 3.8) is 0 Å². The van der Waals surface area contributed by atoms with Crippen LogP contribution in [-0.4, -0.2) is 37.0 Å². The average molecular weight is 327 g/mol. The van der Waals surface area contributed by atoms with Crippen LogP contribution in [0, 0.1) is 0 Å². The van der Waals surface area contributed by atoms with Crippen LogP contribution in [0.4, 0.5) is 0 Å². The predicted molar refractivity (Wildman–Crippen MR) is 63.9 cm³/mol. The molecule has 2 rings (SSSR count). The third-order valence-electron chi connectivity index (χ3n) is 2.34. The molecule has 1 aliphatic heterocycles. The Labute approximate surface area is 107 Å². The van der Waals surface area contributed by atoms with Crippen molar-refractivity contribution in [2.45, 2.75) is 11.0 Å². The number of hydrogen-bond donors (Lipinski definition) is 1. The van der Waals surface area contributed by atoms with Gasteiger partial charge in [-0.25, -0.2) is 8.42 Å². The number of rotatable bonds is 2. The van der Waals surface area contributed by atoms with E-state index in [0.717, 1.165) is 4.47 Å². The number of aliphatic hydroxyl groups is 1. The molecule has 0 aromatic heterocycles. The van der Waals surface area contributed by atoms with Crippen LogP contribution in [-0.2, 0) is 10.0 Å². The molecule has 7 heteroatoms. The van der Waals surface area contributed by atoms with Crippen molar-refractivity contribution in [1.82, 2.24) is 4.31 Å². The van der Waals surface area contributed by atoms with Gasteiger partial charge in [0.1, 0.15) is 4.90 Å². The molecule has 1 heterocycles. The van der Waals surface area contributed by atoms with E-state index < -0.39 is 16.1 Å². The van der Waals surface area contributed by atoms with E-state index in [1.807, 2.05) is 0 Å². The van der Waals surface area contributed by atoms with Gasteiger partial charge in [0.15, 0.2) is 0 Å². The topological polar surface area (TPSA) is 57.6 Å². The molecule has 0 spiro atoms. The number of nitrogens with zero attached hydrogens (tertiary/aromatic N) is 1. The molecule has 1 aromatic rings. The minimum atomic E-state index is -3.56. The summed E-state index contributed by atoms with van der Waals surface area (Å²) in [7, 11) is -3.56. The van der Waals surface area contributed by atoms with Crippen LogP contribution in [0.1, 0.15) is 0 Å².